The van der Waals surface area contributed by atoms with Crippen molar-refractivity contribution in [3.05, 3.63) is 53.6 Å². The topological polar surface area (TPSA) is 54.3 Å². The lowest BCUT2D eigenvalue weighted by Crippen LogP contribution is -2.37. The Morgan fingerprint density at radius 3 is 2.75 bits per heavy atom. The third-order valence-electron chi connectivity index (χ3n) is 3.99. The smallest absolute Gasteiger partial charge is 0.124 e. The van der Waals surface area contributed by atoms with Crippen LogP contribution in [0.25, 0.3) is 0 Å². The summed E-state index contributed by atoms with van der Waals surface area (Å²) in [5.74, 6) is 0.678. The normalized spacial score (nSPS) is 16.5. The molecule has 1 heterocycles. The lowest BCUT2D eigenvalue weighted by molar-refractivity contribution is 0.0426. The Morgan fingerprint density at radius 1 is 1.38 bits per heavy atom. The molecule has 1 aliphatic heterocycles. The van der Waals surface area contributed by atoms with E-state index in [-0.39, 0.29) is 6.61 Å². The van der Waals surface area contributed by atoms with Crippen LogP contribution in [0.3, 0.4) is 0 Å². The van der Waals surface area contributed by atoms with Crippen LogP contribution in [0.1, 0.15) is 11.1 Å². The Labute approximate surface area is 143 Å². The Balaban J connectivity index is 2.04. The number of hydrogen-bond donors (Lipinski definition) is 1. The van der Waals surface area contributed by atoms with E-state index in [2.05, 4.69) is 16.5 Å². The maximum atomic E-state index is 9.46. The van der Waals surface area contributed by atoms with Gasteiger partial charge in [-0.15, -0.1) is 0 Å². The van der Waals surface area contributed by atoms with Crippen LogP contribution in [0.15, 0.2) is 47.5 Å². The Kier molecular flexibility index (Phi) is 7.18. The minimum atomic E-state index is -0.0680. The summed E-state index contributed by atoms with van der Waals surface area (Å²) in [6.07, 6.45) is 3.96. The molecule has 5 heteroatoms. The van der Waals surface area contributed by atoms with Gasteiger partial charge in [0.15, 0.2) is 0 Å². The second kappa shape index (κ2) is 9.37. The zero-order chi connectivity index (χ0) is 17.4. The molecule has 0 spiro atoms. The molecular formula is C19H26N2O3. The van der Waals surface area contributed by atoms with E-state index in [4.69, 9.17) is 9.47 Å². The predicted octanol–water partition coefficient (Wildman–Crippen LogP) is 2.05. The molecule has 1 N–H and O–H groups in total. The van der Waals surface area contributed by atoms with Gasteiger partial charge in [-0.1, -0.05) is 12.7 Å². The van der Waals surface area contributed by atoms with Crippen LogP contribution in [0.5, 0.6) is 5.75 Å². The molecule has 1 saturated heterocycles. The van der Waals surface area contributed by atoms with Gasteiger partial charge in [-0.05, 0) is 29.8 Å². The van der Waals surface area contributed by atoms with E-state index in [0.717, 1.165) is 55.3 Å². The van der Waals surface area contributed by atoms with E-state index >= 15 is 0 Å². The number of methoxy groups -OCH3 is 1. The van der Waals surface area contributed by atoms with E-state index in [0.29, 0.717) is 5.75 Å². The monoisotopic (exact) mass is 330 g/mol. The van der Waals surface area contributed by atoms with Gasteiger partial charge < -0.3 is 14.6 Å². The van der Waals surface area contributed by atoms with Gasteiger partial charge in [0.25, 0.3) is 0 Å². The number of hydrogen-bond acceptors (Lipinski definition) is 5. The van der Waals surface area contributed by atoms with Gasteiger partial charge in [-0.3, -0.25) is 9.89 Å². The fourth-order valence-electron chi connectivity index (χ4n) is 2.66. The molecule has 0 bridgehead atoms. The van der Waals surface area contributed by atoms with Gasteiger partial charge in [-0.25, -0.2) is 0 Å². The summed E-state index contributed by atoms with van der Waals surface area (Å²) in [4.78, 5) is 6.67. The van der Waals surface area contributed by atoms with Gasteiger partial charge in [-0.2, -0.15) is 0 Å². The quantitative estimate of drug-likeness (QED) is 0.614. The number of benzene rings is 1. The standard InChI is InChI=1S/C19H26N2O3/c1-15(13-21-8-10-24-11-9-21)4-6-18(20-2)16-5-7-19(23-3)17(12-16)14-22/h4-7,12,22H,1,8-11,13-14H2,2-3H3/b6-4-,20-18+. The van der Waals surface area contributed by atoms with Gasteiger partial charge in [0.1, 0.15) is 5.75 Å². The first-order valence-corrected chi connectivity index (χ1v) is 8.08. The lowest BCUT2D eigenvalue weighted by Gasteiger charge is -2.26. The third kappa shape index (κ3) is 5.03. The van der Waals surface area contributed by atoms with Crippen LogP contribution in [-0.2, 0) is 11.3 Å². The second-order valence-electron chi connectivity index (χ2n) is 5.67. The summed E-state index contributed by atoms with van der Waals surface area (Å²) in [6.45, 7) is 8.35. The Hall–Kier alpha value is -1.95. The van der Waals surface area contributed by atoms with E-state index in [9.17, 15) is 5.11 Å². The van der Waals surface area contributed by atoms with Gasteiger partial charge in [0, 0.05) is 37.8 Å². The highest BCUT2D eigenvalue weighted by Crippen LogP contribution is 2.20. The van der Waals surface area contributed by atoms with Crippen LogP contribution < -0.4 is 4.74 Å². The van der Waals surface area contributed by atoms with Crippen LogP contribution in [0.4, 0.5) is 0 Å². The molecule has 1 aromatic rings. The summed E-state index contributed by atoms with van der Waals surface area (Å²) < 4.78 is 10.6. The van der Waals surface area contributed by atoms with Crippen molar-refractivity contribution >= 4 is 5.71 Å². The van der Waals surface area contributed by atoms with Crippen molar-refractivity contribution in [2.75, 3.05) is 47.0 Å². The van der Waals surface area contributed by atoms with E-state index in [1.807, 2.05) is 30.4 Å². The zero-order valence-electron chi connectivity index (χ0n) is 14.5. The number of aliphatic imine (C=N–C) groups is 1. The van der Waals surface area contributed by atoms with Crippen LogP contribution >= 0.6 is 0 Å². The SMILES string of the molecule is C=C(/C=C\C(=N/C)c1ccc(OC)c(CO)c1)CN1CCOCC1. The summed E-state index contributed by atoms with van der Waals surface area (Å²) in [7, 11) is 3.35. The highest BCUT2D eigenvalue weighted by molar-refractivity contribution is 6.09. The summed E-state index contributed by atoms with van der Waals surface area (Å²) >= 11 is 0. The number of rotatable bonds is 7. The summed E-state index contributed by atoms with van der Waals surface area (Å²) in [5.41, 5.74) is 3.57. The van der Waals surface area contributed by atoms with Crippen LogP contribution in [0, 0.1) is 0 Å². The van der Waals surface area contributed by atoms with Crippen molar-refractivity contribution in [2.24, 2.45) is 4.99 Å². The number of nitrogens with zero attached hydrogens (tertiary/aromatic N) is 2. The zero-order valence-corrected chi connectivity index (χ0v) is 14.5. The van der Waals surface area contributed by atoms with Crippen LogP contribution in [-0.4, -0.2) is 62.7 Å². The van der Waals surface area contributed by atoms with Crippen molar-refractivity contribution in [1.29, 1.82) is 0 Å². The molecule has 1 aromatic carbocycles. The molecule has 130 valence electrons. The average molecular weight is 330 g/mol. The number of allylic oxidation sites excluding steroid dienone is 1. The molecule has 0 saturated carbocycles. The molecule has 0 aromatic heterocycles. The van der Waals surface area contributed by atoms with Crippen molar-refractivity contribution in [1.82, 2.24) is 4.90 Å². The number of aliphatic hydroxyl groups excluding tert-OH is 1. The molecule has 2 rings (SSSR count). The highest BCUT2D eigenvalue weighted by atomic mass is 16.5. The molecule has 0 amide bonds. The van der Waals surface area contributed by atoms with E-state index in [1.54, 1.807) is 14.2 Å². The third-order valence-corrected chi connectivity index (χ3v) is 3.99. The minimum absolute atomic E-state index is 0.0680. The lowest BCUT2D eigenvalue weighted by atomic mass is 10.0. The van der Waals surface area contributed by atoms with E-state index in [1.165, 1.54) is 0 Å². The number of aliphatic hydroxyl groups is 1. The molecule has 1 aliphatic rings. The number of morpholine rings is 1. The first-order valence-electron chi connectivity index (χ1n) is 8.08. The number of ether oxygens (including phenoxy) is 2. The molecule has 0 aliphatic carbocycles. The predicted molar refractivity (Wildman–Crippen MR) is 96.9 cm³/mol. The van der Waals surface area contributed by atoms with Gasteiger partial charge in [0.2, 0.25) is 0 Å². The van der Waals surface area contributed by atoms with Crippen molar-refractivity contribution < 1.29 is 14.6 Å². The minimum Gasteiger partial charge on any atom is -0.496 e. The van der Waals surface area contributed by atoms with Gasteiger partial charge >= 0.3 is 0 Å². The summed E-state index contributed by atoms with van der Waals surface area (Å²) in [6, 6.07) is 5.69. The highest BCUT2D eigenvalue weighted by Gasteiger charge is 2.10. The van der Waals surface area contributed by atoms with Crippen molar-refractivity contribution in [2.45, 2.75) is 6.61 Å². The molecule has 0 radical (unpaired) electrons. The average Bonchev–Trinajstić information content (AvgIpc) is 2.62. The van der Waals surface area contributed by atoms with Gasteiger partial charge in [0.05, 0.1) is 32.6 Å². The molecule has 0 unspecified atom stereocenters. The van der Waals surface area contributed by atoms with Crippen molar-refractivity contribution in [3.8, 4) is 5.75 Å². The Morgan fingerprint density at radius 2 is 2.12 bits per heavy atom. The molecule has 5 nitrogen and oxygen atoms in total. The largest absolute Gasteiger partial charge is 0.496 e. The summed E-state index contributed by atoms with van der Waals surface area (Å²) in [5, 5.41) is 9.46. The first kappa shape index (κ1) is 18.4. The van der Waals surface area contributed by atoms with Crippen molar-refractivity contribution in [3.63, 3.8) is 0 Å². The first-order chi connectivity index (χ1) is 11.7. The molecule has 24 heavy (non-hydrogen) atoms. The molecule has 1 fully saturated rings. The molecular weight excluding hydrogens is 304 g/mol. The fraction of sp³-hybridized carbons (Fsp3) is 0.421. The molecule has 0 atom stereocenters. The van der Waals surface area contributed by atoms with Crippen LogP contribution in [0.2, 0.25) is 0 Å². The van der Waals surface area contributed by atoms with E-state index < -0.39 is 0 Å². The Bertz CT molecular complexity index is 617. The maximum absolute atomic E-state index is 9.46. The maximum Gasteiger partial charge on any atom is 0.124 e. The second-order valence-corrected chi connectivity index (χ2v) is 5.67. The fourth-order valence-corrected chi connectivity index (χ4v) is 2.66.